The van der Waals surface area contributed by atoms with E-state index in [1.807, 2.05) is 55.5 Å². The number of anilines is 1. The quantitative estimate of drug-likeness (QED) is 0.873. The molecule has 0 spiro atoms. The molecule has 2 aromatic rings. The molecule has 0 fully saturated rings. The van der Waals surface area contributed by atoms with E-state index in [-0.39, 0.29) is 24.9 Å². The van der Waals surface area contributed by atoms with Gasteiger partial charge in [0.2, 0.25) is 5.91 Å². The lowest BCUT2D eigenvalue weighted by Gasteiger charge is -2.23. The highest BCUT2D eigenvalue weighted by molar-refractivity contribution is 8.01. The highest BCUT2D eigenvalue weighted by Crippen LogP contribution is 2.36. The molecule has 0 saturated heterocycles. The summed E-state index contributed by atoms with van der Waals surface area (Å²) in [5.41, 5.74) is 2.87. The summed E-state index contributed by atoms with van der Waals surface area (Å²) in [7, 11) is 0. The number of fused-ring (bicyclic) bond motifs is 1. The number of rotatable bonds is 4. The molecule has 4 nitrogen and oxygen atoms in total. The van der Waals surface area contributed by atoms with E-state index in [9.17, 15) is 9.59 Å². The molecule has 0 unspecified atom stereocenters. The number of hydrogen-bond acceptors (Lipinski definition) is 4. The van der Waals surface area contributed by atoms with Crippen LogP contribution in [-0.2, 0) is 20.9 Å². The SMILES string of the molecule is Cc1cccc(COC(=O)C[C@@H]2Sc3ccccc3NC2=O)c1. The standard InChI is InChI=1S/C18H17NO3S/c1-12-5-4-6-13(9-12)11-22-17(20)10-16-18(21)19-14-7-2-3-8-15(14)23-16/h2-9,16H,10-11H2,1H3,(H,19,21)/t16-/m0/s1. The van der Waals surface area contributed by atoms with Gasteiger partial charge in [0.05, 0.1) is 17.4 Å². The Labute approximate surface area is 139 Å². The minimum atomic E-state index is -0.449. The Hall–Kier alpha value is -2.27. The molecule has 0 bridgehead atoms. The van der Waals surface area contributed by atoms with Crippen LogP contribution in [0.25, 0.3) is 0 Å². The maximum atomic E-state index is 12.1. The van der Waals surface area contributed by atoms with Crippen molar-refractivity contribution in [3.05, 3.63) is 59.7 Å². The number of carbonyl (C=O) groups excluding carboxylic acids is 2. The van der Waals surface area contributed by atoms with Crippen LogP contribution in [0.1, 0.15) is 17.5 Å². The number of para-hydroxylation sites is 1. The first kappa shape index (κ1) is 15.6. The third-order valence-corrected chi connectivity index (χ3v) is 4.82. The monoisotopic (exact) mass is 327 g/mol. The molecule has 2 aromatic carbocycles. The zero-order valence-electron chi connectivity index (χ0n) is 12.7. The van der Waals surface area contributed by atoms with Crippen LogP contribution in [-0.4, -0.2) is 17.1 Å². The normalized spacial score (nSPS) is 16.4. The predicted molar refractivity (Wildman–Crippen MR) is 90.3 cm³/mol. The Kier molecular flexibility index (Phi) is 4.67. The summed E-state index contributed by atoms with van der Waals surface area (Å²) in [6, 6.07) is 15.4. The third kappa shape index (κ3) is 3.93. The molecule has 1 aliphatic heterocycles. The minimum absolute atomic E-state index is 0.0661. The molecule has 23 heavy (non-hydrogen) atoms. The van der Waals surface area contributed by atoms with Crippen molar-refractivity contribution in [3.63, 3.8) is 0 Å². The topological polar surface area (TPSA) is 55.4 Å². The fourth-order valence-electron chi connectivity index (χ4n) is 2.40. The molecular formula is C18H17NO3S. The summed E-state index contributed by atoms with van der Waals surface area (Å²) < 4.78 is 5.29. The van der Waals surface area contributed by atoms with Gasteiger partial charge in [0, 0.05) is 4.90 Å². The van der Waals surface area contributed by atoms with Crippen LogP contribution in [0.3, 0.4) is 0 Å². The van der Waals surface area contributed by atoms with Crippen LogP contribution in [0.5, 0.6) is 0 Å². The summed E-state index contributed by atoms with van der Waals surface area (Å²) >= 11 is 1.40. The van der Waals surface area contributed by atoms with Gasteiger partial charge in [0.25, 0.3) is 0 Å². The number of carbonyl (C=O) groups is 2. The molecule has 0 aliphatic carbocycles. The Balaban J connectivity index is 1.57. The van der Waals surface area contributed by atoms with E-state index in [0.29, 0.717) is 0 Å². The number of hydrogen-bond donors (Lipinski definition) is 1. The molecule has 1 N–H and O–H groups in total. The van der Waals surface area contributed by atoms with Crippen molar-refractivity contribution in [3.8, 4) is 0 Å². The largest absolute Gasteiger partial charge is 0.461 e. The number of amides is 1. The molecule has 1 amide bonds. The molecular weight excluding hydrogens is 310 g/mol. The first-order chi connectivity index (χ1) is 11.1. The Morgan fingerprint density at radius 2 is 2.04 bits per heavy atom. The van der Waals surface area contributed by atoms with Crippen LogP contribution in [0.15, 0.2) is 53.4 Å². The lowest BCUT2D eigenvalue weighted by atomic mass is 10.1. The average molecular weight is 327 g/mol. The molecule has 1 atom stereocenters. The van der Waals surface area contributed by atoms with Crippen LogP contribution < -0.4 is 5.32 Å². The van der Waals surface area contributed by atoms with E-state index in [4.69, 9.17) is 4.74 Å². The smallest absolute Gasteiger partial charge is 0.307 e. The number of ether oxygens (including phenoxy) is 1. The van der Waals surface area contributed by atoms with Crippen LogP contribution >= 0.6 is 11.8 Å². The lowest BCUT2D eigenvalue weighted by Crippen LogP contribution is -2.31. The van der Waals surface area contributed by atoms with E-state index in [1.54, 1.807) is 0 Å². The van der Waals surface area contributed by atoms with Gasteiger partial charge in [0.15, 0.2) is 0 Å². The van der Waals surface area contributed by atoms with E-state index in [0.717, 1.165) is 21.7 Å². The fraction of sp³-hybridized carbons (Fsp3) is 0.222. The summed E-state index contributed by atoms with van der Waals surface area (Å²) in [6.45, 7) is 2.22. The summed E-state index contributed by atoms with van der Waals surface area (Å²) in [6.07, 6.45) is 0.0661. The highest BCUT2D eigenvalue weighted by atomic mass is 32.2. The van der Waals surface area contributed by atoms with Crippen molar-refractivity contribution >= 4 is 29.3 Å². The first-order valence-electron chi connectivity index (χ1n) is 7.39. The van der Waals surface area contributed by atoms with E-state index < -0.39 is 5.25 Å². The zero-order valence-corrected chi connectivity index (χ0v) is 13.6. The zero-order chi connectivity index (χ0) is 16.2. The first-order valence-corrected chi connectivity index (χ1v) is 8.27. The Morgan fingerprint density at radius 1 is 1.22 bits per heavy atom. The second-order valence-electron chi connectivity index (χ2n) is 5.45. The second-order valence-corrected chi connectivity index (χ2v) is 6.69. The summed E-state index contributed by atoms with van der Waals surface area (Å²) in [5, 5.41) is 2.38. The maximum Gasteiger partial charge on any atom is 0.307 e. The van der Waals surface area contributed by atoms with Crippen LogP contribution in [0.4, 0.5) is 5.69 Å². The molecule has 118 valence electrons. The molecule has 0 radical (unpaired) electrons. The van der Waals surface area contributed by atoms with Crippen molar-refractivity contribution in [2.24, 2.45) is 0 Å². The summed E-state index contributed by atoms with van der Waals surface area (Å²) in [4.78, 5) is 25.1. The lowest BCUT2D eigenvalue weighted by molar-refractivity contribution is -0.145. The second kappa shape index (κ2) is 6.87. The maximum absolute atomic E-state index is 12.1. The number of esters is 1. The van der Waals surface area contributed by atoms with E-state index in [1.165, 1.54) is 11.8 Å². The van der Waals surface area contributed by atoms with Crippen molar-refractivity contribution in [1.29, 1.82) is 0 Å². The fourth-order valence-corrected chi connectivity index (χ4v) is 3.50. The van der Waals surface area contributed by atoms with Gasteiger partial charge < -0.3 is 10.1 Å². The van der Waals surface area contributed by atoms with Gasteiger partial charge >= 0.3 is 5.97 Å². The number of thioether (sulfide) groups is 1. The van der Waals surface area contributed by atoms with Crippen LogP contribution in [0, 0.1) is 6.92 Å². The minimum Gasteiger partial charge on any atom is -0.461 e. The predicted octanol–water partition coefficient (Wildman–Crippen LogP) is 3.54. The van der Waals surface area contributed by atoms with Gasteiger partial charge in [-0.3, -0.25) is 9.59 Å². The third-order valence-electron chi connectivity index (χ3n) is 3.54. The van der Waals surface area contributed by atoms with Crippen molar-refractivity contribution in [2.45, 2.75) is 30.1 Å². The van der Waals surface area contributed by atoms with E-state index >= 15 is 0 Å². The van der Waals surface area contributed by atoms with Gasteiger partial charge in [-0.1, -0.05) is 42.0 Å². The van der Waals surface area contributed by atoms with E-state index in [2.05, 4.69) is 5.32 Å². The van der Waals surface area contributed by atoms with Gasteiger partial charge in [-0.05, 0) is 24.6 Å². The molecule has 3 rings (SSSR count). The molecule has 1 aliphatic rings. The molecule has 0 saturated carbocycles. The van der Waals surface area contributed by atoms with Gasteiger partial charge in [0.1, 0.15) is 6.61 Å². The van der Waals surface area contributed by atoms with Crippen LogP contribution in [0.2, 0.25) is 0 Å². The summed E-state index contributed by atoms with van der Waals surface area (Å²) in [5.74, 6) is -0.514. The number of nitrogens with one attached hydrogen (secondary N) is 1. The van der Waals surface area contributed by atoms with Gasteiger partial charge in [-0.25, -0.2) is 0 Å². The average Bonchev–Trinajstić information content (AvgIpc) is 2.54. The Bertz CT molecular complexity index is 745. The Morgan fingerprint density at radius 3 is 2.87 bits per heavy atom. The molecule has 5 heteroatoms. The molecule has 1 heterocycles. The van der Waals surface area contributed by atoms with Crippen molar-refractivity contribution in [2.75, 3.05) is 5.32 Å². The molecule has 0 aromatic heterocycles. The van der Waals surface area contributed by atoms with Gasteiger partial charge in [-0.15, -0.1) is 11.8 Å². The number of aryl methyl sites for hydroxylation is 1. The van der Waals surface area contributed by atoms with Gasteiger partial charge in [-0.2, -0.15) is 0 Å². The van der Waals surface area contributed by atoms with Crippen molar-refractivity contribution in [1.82, 2.24) is 0 Å². The highest BCUT2D eigenvalue weighted by Gasteiger charge is 2.29. The number of benzene rings is 2. The van der Waals surface area contributed by atoms with Crippen molar-refractivity contribution < 1.29 is 14.3 Å².